The molecule has 27 heavy (non-hydrogen) atoms. The Morgan fingerprint density at radius 2 is 2.00 bits per heavy atom. The van der Waals surface area contributed by atoms with Gasteiger partial charge in [0.15, 0.2) is 0 Å². The van der Waals surface area contributed by atoms with Gasteiger partial charge < -0.3 is 15.0 Å². The molecular formula is C22H26N2O3. The molecule has 3 rings (SSSR count). The summed E-state index contributed by atoms with van der Waals surface area (Å²) in [4.78, 5) is 26.7. The number of nitrogens with zero attached hydrogens (tertiary/aromatic N) is 1. The Bertz CT molecular complexity index is 817. The van der Waals surface area contributed by atoms with Crippen molar-refractivity contribution in [3.63, 3.8) is 0 Å². The maximum atomic E-state index is 12.6. The first-order valence-electron chi connectivity index (χ1n) is 9.37. The van der Waals surface area contributed by atoms with Gasteiger partial charge in [-0.25, -0.2) is 0 Å². The number of amides is 2. The number of ether oxygens (including phenoxy) is 1. The standard InChI is InChI=1S/C22H26N2O3/c1-4-15(2)16-8-10-18(11-9-16)23-22(26)17-12-21(25)24(14-17)19-6-5-7-20(13-19)27-3/h5-11,13,15,17H,4,12,14H2,1-3H3,(H,23,26)/t15-,17-/m1/s1. The molecule has 1 aliphatic heterocycles. The first-order chi connectivity index (χ1) is 13.0. The van der Waals surface area contributed by atoms with E-state index in [-0.39, 0.29) is 24.2 Å². The first-order valence-corrected chi connectivity index (χ1v) is 9.37. The molecule has 0 saturated carbocycles. The van der Waals surface area contributed by atoms with Gasteiger partial charge in [0.25, 0.3) is 0 Å². The average Bonchev–Trinajstić information content (AvgIpc) is 3.10. The monoisotopic (exact) mass is 366 g/mol. The molecule has 2 aromatic rings. The predicted molar refractivity (Wildman–Crippen MR) is 107 cm³/mol. The zero-order valence-electron chi connectivity index (χ0n) is 16.1. The molecule has 0 bridgehead atoms. The lowest BCUT2D eigenvalue weighted by atomic mass is 9.98. The van der Waals surface area contributed by atoms with Crippen molar-refractivity contribution in [3.8, 4) is 5.75 Å². The van der Waals surface area contributed by atoms with Crippen LogP contribution in [0.3, 0.4) is 0 Å². The van der Waals surface area contributed by atoms with Crippen molar-refractivity contribution in [2.45, 2.75) is 32.6 Å². The third kappa shape index (κ3) is 4.30. The molecule has 142 valence electrons. The fraction of sp³-hybridized carbons (Fsp3) is 0.364. The summed E-state index contributed by atoms with van der Waals surface area (Å²) < 4.78 is 5.22. The Labute approximate surface area is 160 Å². The highest BCUT2D eigenvalue weighted by Gasteiger charge is 2.35. The molecule has 0 aromatic heterocycles. The van der Waals surface area contributed by atoms with E-state index in [2.05, 4.69) is 19.2 Å². The van der Waals surface area contributed by atoms with Gasteiger partial charge in [-0.05, 0) is 42.2 Å². The highest BCUT2D eigenvalue weighted by Crippen LogP contribution is 2.29. The lowest BCUT2D eigenvalue weighted by Crippen LogP contribution is -2.28. The van der Waals surface area contributed by atoms with E-state index in [1.54, 1.807) is 12.0 Å². The molecule has 0 radical (unpaired) electrons. The Morgan fingerprint density at radius 3 is 2.67 bits per heavy atom. The maximum Gasteiger partial charge on any atom is 0.229 e. The van der Waals surface area contributed by atoms with Gasteiger partial charge in [0.2, 0.25) is 11.8 Å². The molecule has 2 aromatic carbocycles. The quantitative estimate of drug-likeness (QED) is 0.833. The zero-order chi connectivity index (χ0) is 19.4. The van der Waals surface area contributed by atoms with Crippen molar-refractivity contribution in [3.05, 3.63) is 54.1 Å². The Morgan fingerprint density at radius 1 is 1.26 bits per heavy atom. The van der Waals surface area contributed by atoms with Crippen molar-refractivity contribution in [2.75, 3.05) is 23.9 Å². The molecule has 1 saturated heterocycles. The summed E-state index contributed by atoms with van der Waals surface area (Å²) >= 11 is 0. The third-order valence-electron chi connectivity index (χ3n) is 5.22. The van der Waals surface area contributed by atoms with Gasteiger partial charge in [-0.15, -0.1) is 0 Å². The first kappa shape index (κ1) is 19.0. The van der Waals surface area contributed by atoms with Crippen molar-refractivity contribution < 1.29 is 14.3 Å². The second kappa shape index (κ2) is 8.25. The maximum absolute atomic E-state index is 12.6. The second-order valence-electron chi connectivity index (χ2n) is 7.03. The van der Waals surface area contributed by atoms with Crippen LogP contribution in [0.15, 0.2) is 48.5 Å². The van der Waals surface area contributed by atoms with Crippen LogP contribution in [0.5, 0.6) is 5.75 Å². The Hall–Kier alpha value is -2.82. The smallest absolute Gasteiger partial charge is 0.229 e. The molecule has 0 aliphatic carbocycles. The number of carbonyl (C=O) groups excluding carboxylic acids is 2. The molecule has 0 spiro atoms. The van der Waals surface area contributed by atoms with E-state index in [9.17, 15) is 9.59 Å². The summed E-state index contributed by atoms with van der Waals surface area (Å²) in [6.45, 7) is 4.72. The SMILES string of the molecule is CC[C@@H](C)c1ccc(NC(=O)[C@@H]2CC(=O)N(c3cccc(OC)c3)C2)cc1. The summed E-state index contributed by atoms with van der Waals surface area (Å²) in [7, 11) is 1.59. The van der Waals surface area contributed by atoms with E-state index in [0.29, 0.717) is 18.2 Å². The number of carbonyl (C=O) groups is 2. The Balaban J connectivity index is 1.65. The van der Waals surface area contributed by atoms with Crippen LogP contribution in [0.4, 0.5) is 11.4 Å². The summed E-state index contributed by atoms with van der Waals surface area (Å²) in [5.41, 5.74) is 2.78. The molecule has 1 N–H and O–H groups in total. The van der Waals surface area contributed by atoms with Crippen molar-refractivity contribution >= 4 is 23.2 Å². The minimum atomic E-state index is -0.363. The predicted octanol–water partition coefficient (Wildman–Crippen LogP) is 4.20. The minimum Gasteiger partial charge on any atom is -0.497 e. The highest BCUT2D eigenvalue weighted by molar-refractivity contribution is 6.03. The van der Waals surface area contributed by atoms with Gasteiger partial charge in [-0.3, -0.25) is 9.59 Å². The van der Waals surface area contributed by atoms with E-state index in [0.717, 1.165) is 17.8 Å². The number of hydrogen-bond acceptors (Lipinski definition) is 3. The van der Waals surface area contributed by atoms with Gasteiger partial charge in [-0.1, -0.05) is 32.0 Å². The van der Waals surface area contributed by atoms with E-state index in [4.69, 9.17) is 4.74 Å². The number of hydrogen-bond donors (Lipinski definition) is 1. The number of methoxy groups -OCH3 is 1. The molecule has 1 aliphatic rings. The largest absolute Gasteiger partial charge is 0.497 e. The number of rotatable bonds is 6. The van der Waals surface area contributed by atoms with Gasteiger partial charge in [0, 0.05) is 30.4 Å². The summed E-state index contributed by atoms with van der Waals surface area (Å²) in [5, 5.41) is 2.94. The van der Waals surface area contributed by atoms with Crippen LogP contribution in [-0.4, -0.2) is 25.5 Å². The highest BCUT2D eigenvalue weighted by atomic mass is 16.5. The van der Waals surface area contributed by atoms with E-state index in [1.807, 2.05) is 48.5 Å². The molecule has 5 heteroatoms. The summed E-state index contributed by atoms with van der Waals surface area (Å²) in [5.74, 6) is 0.659. The van der Waals surface area contributed by atoms with Gasteiger partial charge >= 0.3 is 0 Å². The van der Waals surface area contributed by atoms with Crippen molar-refractivity contribution in [2.24, 2.45) is 5.92 Å². The normalized spacial score (nSPS) is 17.7. The summed E-state index contributed by atoms with van der Waals surface area (Å²) in [6.07, 6.45) is 1.30. The topological polar surface area (TPSA) is 58.6 Å². The van der Waals surface area contributed by atoms with Crippen LogP contribution in [0.2, 0.25) is 0 Å². The second-order valence-corrected chi connectivity index (χ2v) is 7.03. The van der Waals surface area contributed by atoms with Crippen LogP contribution >= 0.6 is 0 Å². The zero-order valence-corrected chi connectivity index (χ0v) is 16.1. The number of anilines is 2. The van der Waals surface area contributed by atoms with Crippen LogP contribution in [0.25, 0.3) is 0 Å². The van der Waals surface area contributed by atoms with E-state index < -0.39 is 0 Å². The lowest BCUT2D eigenvalue weighted by molar-refractivity contribution is -0.122. The average molecular weight is 366 g/mol. The minimum absolute atomic E-state index is 0.0458. The molecular weight excluding hydrogens is 340 g/mol. The van der Waals surface area contributed by atoms with Crippen molar-refractivity contribution in [1.82, 2.24) is 0 Å². The molecule has 5 nitrogen and oxygen atoms in total. The molecule has 2 amide bonds. The van der Waals surface area contributed by atoms with Crippen LogP contribution in [0, 0.1) is 5.92 Å². The number of nitrogens with one attached hydrogen (secondary N) is 1. The van der Waals surface area contributed by atoms with Gasteiger partial charge in [0.1, 0.15) is 5.75 Å². The van der Waals surface area contributed by atoms with Crippen LogP contribution in [-0.2, 0) is 9.59 Å². The van der Waals surface area contributed by atoms with E-state index in [1.165, 1.54) is 5.56 Å². The number of benzene rings is 2. The van der Waals surface area contributed by atoms with Crippen LogP contribution in [0.1, 0.15) is 38.2 Å². The summed E-state index contributed by atoms with van der Waals surface area (Å²) in [6, 6.07) is 15.3. The van der Waals surface area contributed by atoms with E-state index >= 15 is 0 Å². The van der Waals surface area contributed by atoms with Crippen molar-refractivity contribution in [1.29, 1.82) is 0 Å². The third-order valence-corrected chi connectivity index (χ3v) is 5.22. The van der Waals surface area contributed by atoms with Gasteiger partial charge in [0.05, 0.1) is 13.0 Å². The molecule has 0 unspecified atom stereocenters. The molecule has 1 heterocycles. The fourth-order valence-corrected chi connectivity index (χ4v) is 3.29. The van der Waals surface area contributed by atoms with Crippen LogP contribution < -0.4 is 15.0 Å². The molecule has 1 fully saturated rings. The lowest BCUT2D eigenvalue weighted by Gasteiger charge is -2.17. The Kier molecular flexibility index (Phi) is 5.79. The fourth-order valence-electron chi connectivity index (χ4n) is 3.29. The van der Waals surface area contributed by atoms with Gasteiger partial charge in [-0.2, -0.15) is 0 Å². The molecule has 2 atom stereocenters.